The number of hydrogen-bond acceptors (Lipinski definition) is 4. The molecule has 2 N–H and O–H groups in total. The molecule has 0 saturated carbocycles. The Morgan fingerprint density at radius 1 is 0.909 bits per heavy atom. The summed E-state index contributed by atoms with van der Waals surface area (Å²) in [6, 6.07) is 16.4. The van der Waals surface area contributed by atoms with E-state index in [2.05, 4.69) is 58.7 Å². The topological polar surface area (TPSA) is 49.8 Å². The van der Waals surface area contributed by atoms with Gasteiger partial charge in [0.25, 0.3) is 0 Å². The molecule has 1 aromatic heterocycles. The van der Waals surface area contributed by atoms with Gasteiger partial charge < -0.3 is 10.6 Å². The fourth-order valence-electron chi connectivity index (χ4n) is 2.39. The lowest BCUT2D eigenvalue weighted by molar-refractivity contribution is 1.13. The zero-order chi connectivity index (χ0) is 15.4. The number of nitrogens with zero attached hydrogens (tertiary/aromatic N) is 2. The lowest BCUT2D eigenvalue weighted by atomic mass is 10.1. The smallest absolute Gasteiger partial charge is 0.229 e. The second-order valence-electron chi connectivity index (χ2n) is 5.12. The summed E-state index contributed by atoms with van der Waals surface area (Å²) in [4.78, 5) is 9.19. The van der Waals surface area contributed by atoms with Crippen LogP contribution in [0.3, 0.4) is 0 Å². The molecule has 0 amide bonds. The van der Waals surface area contributed by atoms with Crippen molar-refractivity contribution in [2.75, 3.05) is 17.2 Å². The number of nitrogens with one attached hydrogen (secondary N) is 2. The van der Waals surface area contributed by atoms with Crippen LogP contribution in [0.5, 0.6) is 0 Å². The van der Waals surface area contributed by atoms with E-state index < -0.39 is 0 Å². The van der Waals surface area contributed by atoms with E-state index in [9.17, 15) is 0 Å². The van der Waals surface area contributed by atoms with Gasteiger partial charge in [0.2, 0.25) is 5.95 Å². The standard InChI is InChI=1S/C18H20N4/c1-3-13-9-11-14(12-10-13)20-18-21-16-8-6-5-7-15(16)17(22-18)19-4-2/h5-12H,3-4H2,1-2H3,(H2,19,20,21,22). The molecule has 4 heteroatoms. The Balaban J connectivity index is 1.95. The van der Waals surface area contributed by atoms with Gasteiger partial charge in [0, 0.05) is 17.6 Å². The average Bonchev–Trinajstić information content (AvgIpc) is 2.56. The van der Waals surface area contributed by atoms with Crippen LogP contribution in [0.15, 0.2) is 48.5 Å². The molecular formula is C18H20N4. The van der Waals surface area contributed by atoms with E-state index >= 15 is 0 Å². The van der Waals surface area contributed by atoms with Crippen molar-refractivity contribution >= 4 is 28.4 Å². The third-order valence-corrected chi connectivity index (χ3v) is 3.57. The molecule has 0 radical (unpaired) electrons. The predicted molar refractivity (Wildman–Crippen MR) is 92.8 cm³/mol. The van der Waals surface area contributed by atoms with E-state index in [1.165, 1.54) is 5.56 Å². The molecule has 0 aliphatic heterocycles. The first-order valence-electron chi connectivity index (χ1n) is 7.66. The minimum Gasteiger partial charge on any atom is -0.370 e. The number of anilines is 3. The van der Waals surface area contributed by atoms with Crippen molar-refractivity contribution in [1.82, 2.24) is 9.97 Å². The lowest BCUT2D eigenvalue weighted by Crippen LogP contribution is -2.04. The molecule has 0 fully saturated rings. The third kappa shape index (κ3) is 3.01. The first kappa shape index (κ1) is 14.3. The van der Waals surface area contributed by atoms with Crippen LogP contribution < -0.4 is 10.6 Å². The Morgan fingerprint density at radius 2 is 1.68 bits per heavy atom. The Labute approximate surface area is 130 Å². The largest absolute Gasteiger partial charge is 0.370 e. The van der Waals surface area contributed by atoms with Crippen LogP contribution in [-0.4, -0.2) is 16.5 Å². The van der Waals surface area contributed by atoms with Crippen molar-refractivity contribution in [2.24, 2.45) is 0 Å². The summed E-state index contributed by atoms with van der Waals surface area (Å²) >= 11 is 0. The predicted octanol–water partition coefficient (Wildman–Crippen LogP) is 4.37. The van der Waals surface area contributed by atoms with Gasteiger partial charge in [0.05, 0.1) is 5.52 Å². The fraction of sp³-hybridized carbons (Fsp3) is 0.222. The zero-order valence-electron chi connectivity index (χ0n) is 12.9. The highest BCUT2D eigenvalue weighted by Crippen LogP contribution is 2.23. The summed E-state index contributed by atoms with van der Waals surface area (Å²) in [5.41, 5.74) is 3.24. The highest BCUT2D eigenvalue weighted by molar-refractivity contribution is 5.90. The summed E-state index contributed by atoms with van der Waals surface area (Å²) in [6.07, 6.45) is 1.04. The van der Waals surface area contributed by atoms with Gasteiger partial charge in [-0.2, -0.15) is 4.98 Å². The molecule has 1 heterocycles. The summed E-state index contributed by atoms with van der Waals surface area (Å²) in [5.74, 6) is 1.47. The second kappa shape index (κ2) is 6.43. The Kier molecular flexibility index (Phi) is 4.19. The molecular weight excluding hydrogens is 272 g/mol. The Morgan fingerprint density at radius 3 is 2.41 bits per heavy atom. The average molecular weight is 292 g/mol. The summed E-state index contributed by atoms with van der Waals surface area (Å²) in [5, 5.41) is 7.63. The van der Waals surface area contributed by atoms with E-state index in [0.29, 0.717) is 5.95 Å². The Hall–Kier alpha value is -2.62. The molecule has 0 saturated heterocycles. The first-order valence-corrected chi connectivity index (χ1v) is 7.66. The van der Waals surface area contributed by atoms with Crippen LogP contribution in [0.1, 0.15) is 19.4 Å². The van der Waals surface area contributed by atoms with Gasteiger partial charge in [0.1, 0.15) is 5.82 Å². The molecule has 0 atom stereocenters. The number of para-hydroxylation sites is 1. The van der Waals surface area contributed by atoms with Crippen LogP contribution >= 0.6 is 0 Å². The fourth-order valence-corrected chi connectivity index (χ4v) is 2.39. The highest BCUT2D eigenvalue weighted by Gasteiger charge is 2.07. The van der Waals surface area contributed by atoms with Crippen LogP contribution in [0, 0.1) is 0 Å². The van der Waals surface area contributed by atoms with Crippen LogP contribution in [0.2, 0.25) is 0 Å². The second-order valence-corrected chi connectivity index (χ2v) is 5.12. The van der Waals surface area contributed by atoms with Gasteiger partial charge in [0.15, 0.2) is 0 Å². The third-order valence-electron chi connectivity index (χ3n) is 3.57. The van der Waals surface area contributed by atoms with Gasteiger partial charge >= 0.3 is 0 Å². The molecule has 22 heavy (non-hydrogen) atoms. The van der Waals surface area contributed by atoms with E-state index in [1.807, 2.05) is 24.3 Å². The van der Waals surface area contributed by atoms with Gasteiger partial charge in [-0.1, -0.05) is 31.2 Å². The number of benzene rings is 2. The lowest BCUT2D eigenvalue weighted by Gasteiger charge is -2.11. The number of hydrogen-bond donors (Lipinski definition) is 2. The van der Waals surface area contributed by atoms with Crippen LogP contribution in [-0.2, 0) is 6.42 Å². The van der Waals surface area contributed by atoms with Gasteiger partial charge in [-0.3, -0.25) is 0 Å². The summed E-state index contributed by atoms with van der Waals surface area (Å²) < 4.78 is 0. The molecule has 0 aliphatic carbocycles. The number of aryl methyl sites for hydroxylation is 1. The zero-order valence-corrected chi connectivity index (χ0v) is 12.9. The van der Waals surface area contributed by atoms with E-state index in [0.717, 1.165) is 35.4 Å². The summed E-state index contributed by atoms with van der Waals surface area (Å²) in [6.45, 7) is 5.04. The van der Waals surface area contributed by atoms with Crippen molar-refractivity contribution in [2.45, 2.75) is 20.3 Å². The molecule has 0 spiro atoms. The molecule has 0 unspecified atom stereocenters. The summed E-state index contributed by atoms with van der Waals surface area (Å²) in [7, 11) is 0. The van der Waals surface area contributed by atoms with Crippen LogP contribution in [0.25, 0.3) is 10.9 Å². The maximum absolute atomic E-state index is 4.60. The van der Waals surface area contributed by atoms with Crippen molar-refractivity contribution in [3.8, 4) is 0 Å². The van der Waals surface area contributed by atoms with Crippen LogP contribution in [0.4, 0.5) is 17.5 Å². The maximum Gasteiger partial charge on any atom is 0.229 e. The minimum absolute atomic E-state index is 0.610. The normalized spacial score (nSPS) is 10.6. The number of aromatic nitrogens is 2. The van der Waals surface area contributed by atoms with Crippen molar-refractivity contribution in [3.63, 3.8) is 0 Å². The molecule has 3 rings (SSSR count). The quantitative estimate of drug-likeness (QED) is 0.733. The number of rotatable bonds is 5. The molecule has 4 nitrogen and oxygen atoms in total. The van der Waals surface area contributed by atoms with Gasteiger partial charge in [-0.25, -0.2) is 4.98 Å². The monoisotopic (exact) mass is 292 g/mol. The molecule has 112 valence electrons. The highest BCUT2D eigenvalue weighted by atomic mass is 15.1. The first-order chi connectivity index (χ1) is 10.8. The number of fused-ring (bicyclic) bond motifs is 1. The van der Waals surface area contributed by atoms with E-state index in [-0.39, 0.29) is 0 Å². The van der Waals surface area contributed by atoms with Gasteiger partial charge in [-0.05, 0) is 43.2 Å². The van der Waals surface area contributed by atoms with Gasteiger partial charge in [-0.15, -0.1) is 0 Å². The van der Waals surface area contributed by atoms with E-state index in [1.54, 1.807) is 0 Å². The molecule has 3 aromatic rings. The molecule has 2 aromatic carbocycles. The van der Waals surface area contributed by atoms with Crippen molar-refractivity contribution in [1.29, 1.82) is 0 Å². The van der Waals surface area contributed by atoms with Crippen molar-refractivity contribution < 1.29 is 0 Å². The SMILES string of the molecule is CCNc1nc(Nc2ccc(CC)cc2)nc2ccccc12. The molecule has 0 aliphatic rings. The molecule has 0 bridgehead atoms. The van der Waals surface area contributed by atoms with Crippen molar-refractivity contribution in [3.05, 3.63) is 54.1 Å². The minimum atomic E-state index is 0.610. The Bertz CT molecular complexity index is 766. The maximum atomic E-state index is 4.60. The van der Waals surface area contributed by atoms with E-state index in [4.69, 9.17) is 0 Å².